The van der Waals surface area contributed by atoms with Crippen LogP contribution in [0.15, 0.2) is 15.9 Å². The Kier molecular flexibility index (Phi) is 6.02. The molecule has 2 heterocycles. The first-order valence-corrected chi connectivity index (χ1v) is 9.30. The van der Waals surface area contributed by atoms with Crippen LogP contribution in [0.2, 0.25) is 0 Å². The maximum absolute atomic E-state index is 4.70. The molecule has 0 amide bonds. The molecule has 3 nitrogen and oxygen atoms in total. The maximum atomic E-state index is 4.70. The lowest BCUT2D eigenvalue weighted by Gasteiger charge is -2.17. The number of thiophene rings is 1. The van der Waals surface area contributed by atoms with E-state index in [-0.39, 0.29) is 0 Å². The first kappa shape index (κ1) is 16.7. The topological polar surface area (TPSA) is 29.9 Å². The van der Waals surface area contributed by atoms with Crippen LogP contribution in [0.3, 0.4) is 0 Å². The average Bonchev–Trinajstić information content (AvgIpc) is 3.09. The van der Waals surface area contributed by atoms with E-state index < -0.39 is 0 Å². The fourth-order valence-corrected chi connectivity index (χ4v) is 4.51. The molecule has 0 aliphatic heterocycles. The van der Waals surface area contributed by atoms with Crippen LogP contribution in [-0.2, 0) is 25.8 Å². The third-order valence-corrected chi connectivity index (χ3v) is 5.91. The van der Waals surface area contributed by atoms with Crippen LogP contribution in [0.1, 0.15) is 48.6 Å². The molecule has 2 aromatic rings. The van der Waals surface area contributed by atoms with E-state index >= 15 is 0 Å². The predicted octanol–water partition coefficient (Wildman–Crippen LogP) is 4.36. The van der Waals surface area contributed by atoms with E-state index in [1.54, 1.807) is 0 Å². The Morgan fingerprint density at radius 3 is 2.67 bits per heavy atom. The monoisotopic (exact) mass is 369 g/mol. The van der Waals surface area contributed by atoms with Gasteiger partial charge in [0.25, 0.3) is 0 Å². The number of hydrogen-bond donors (Lipinski definition) is 1. The Hall–Kier alpha value is -0.650. The summed E-state index contributed by atoms with van der Waals surface area (Å²) in [5, 5.41) is 10.4. The Balaban J connectivity index is 2.33. The SMILES string of the molecule is CCc1ccsc1C(Cc1c(Br)c(CC)nn1CC)NC. The van der Waals surface area contributed by atoms with Crippen LogP contribution >= 0.6 is 27.3 Å². The third-order valence-electron chi connectivity index (χ3n) is 3.92. The number of hydrogen-bond acceptors (Lipinski definition) is 3. The summed E-state index contributed by atoms with van der Waals surface area (Å²) in [6.07, 6.45) is 3.01. The highest BCUT2D eigenvalue weighted by atomic mass is 79.9. The molecule has 0 fully saturated rings. The van der Waals surface area contributed by atoms with Crippen LogP contribution in [0.25, 0.3) is 0 Å². The Morgan fingerprint density at radius 1 is 1.33 bits per heavy atom. The molecule has 0 bridgehead atoms. The highest BCUT2D eigenvalue weighted by Gasteiger charge is 2.21. The predicted molar refractivity (Wildman–Crippen MR) is 94.2 cm³/mol. The van der Waals surface area contributed by atoms with Crippen molar-refractivity contribution in [2.45, 2.75) is 52.6 Å². The van der Waals surface area contributed by atoms with Gasteiger partial charge in [-0.25, -0.2) is 0 Å². The van der Waals surface area contributed by atoms with Crippen molar-refractivity contribution in [1.29, 1.82) is 0 Å². The van der Waals surface area contributed by atoms with Crippen LogP contribution < -0.4 is 5.32 Å². The van der Waals surface area contributed by atoms with Crippen molar-refractivity contribution < 1.29 is 0 Å². The molecule has 0 radical (unpaired) electrons. The van der Waals surface area contributed by atoms with E-state index in [1.807, 2.05) is 18.4 Å². The number of halogens is 1. The molecule has 0 spiro atoms. The van der Waals surface area contributed by atoms with E-state index in [9.17, 15) is 0 Å². The van der Waals surface area contributed by atoms with Crippen molar-refractivity contribution in [3.05, 3.63) is 37.7 Å². The zero-order chi connectivity index (χ0) is 15.4. The maximum Gasteiger partial charge on any atom is 0.0766 e. The summed E-state index contributed by atoms with van der Waals surface area (Å²) < 4.78 is 3.31. The molecule has 21 heavy (non-hydrogen) atoms. The highest BCUT2D eigenvalue weighted by Crippen LogP contribution is 2.31. The van der Waals surface area contributed by atoms with Gasteiger partial charge in [0.1, 0.15) is 0 Å². The summed E-state index contributed by atoms with van der Waals surface area (Å²) in [7, 11) is 2.05. The lowest BCUT2D eigenvalue weighted by Crippen LogP contribution is -2.20. The number of nitrogens with one attached hydrogen (secondary N) is 1. The number of rotatable bonds is 7. The van der Waals surface area contributed by atoms with Crippen molar-refractivity contribution in [1.82, 2.24) is 15.1 Å². The minimum Gasteiger partial charge on any atom is -0.312 e. The second-order valence-corrected chi connectivity index (χ2v) is 6.83. The molecule has 1 atom stereocenters. The smallest absolute Gasteiger partial charge is 0.0766 e. The summed E-state index contributed by atoms with van der Waals surface area (Å²) in [4.78, 5) is 1.45. The van der Waals surface area contributed by atoms with E-state index in [2.05, 4.69) is 58.1 Å². The van der Waals surface area contributed by atoms with Crippen molar-refractivity contribution >= 4 is 27.3 Å². The van der Waals surface area contributed by atoms with Gasteiger partial charge in [-0.3, -0.25) is 4.68 Å². The number of aryl methyl sites for hydroxylation is 3. The lowest BCUT2D eigenvalue weighted by molar-refractivity contribution is 0.542. The van der Waals surface area contributed by atoms with Crippen molar-refractivity contribution in [3.63, 3.8) is 0 Å². The van der Waals surface area contributed by atoms with E-state index in [0.717, 1.165) is 31.5 Å². The molecule has 0 aliphatic carbocycles. The second kappa shape index (κ2) is 7.56. The molecule has 1 unspecified atom stereocenters. The van der Waals surface area contributed by atoms with E-state index in [4.69, 9.17) is 5.10 Å². The molecule has 1 N–H and O–H groups in total. The molecule has 0 aromatic carbocycles. The molecule has 0 saturated carbocycles. The first-order valence-electron chi connectivity index (χ1n) is 7.63. The van der Waals surface area contributed by atoms with Crippen molar-refractivity contribution in [2.24, 2.45) is 0 Å². The number of likely N-dealkylation sites (N-methyl/N-ethyl adjacent to an activating group) is 1. The fraction of sp³-hybridized carbons (Fsp3) is 0.562. The van der Waals surface area contributed by atoms with Crippen LogP contribution in [0, 0.1) is 0 Å². The quantitative estimate of drug-likeness (QED) is 0.785. The Bertz CT molecular complexity index is 588. The standard InChI is InChI=1S/C16H24BrN3S/c1-5-11-8-9-21-16(11)13(18-4)10-14-15(17)12(6-2)19-20(14)7-3/h8-9,13,18H,5-7,10H2,1-4H3. The summed E-state index contributed by atoms with van der Waals surface area (Å²) in [6, 6.07) is 2.59. The van der Waals surface area contributed by atoms with Gasteiger partial charge in [0.15, 0.2) is 0 Å². The first-order chi connectivity index (χ1) is 10.2. The molecule has 0 saturated heterocycles. The molecular formula is C16H24BrN3S. The summed E-state index contributed by atoms with van der Waals surface area (Å²) >= 11 is 5.60. The van der Waals surface area contributed by atoms with Crippen LogP contribution in [0.5, 0.6) is 0 Å². The van der Waals surface area contributed by atoms with Crippen molar-refractivity contribution in [2.75, 3.05) is 7.05 Å². The van der Waals surface area contributed by atoms with Gasteiger partial charge >= 0.3 is 0 Å². The van der Waals surface area contributed by atoms with Crippen molar-refractivity contribution in [3.8, 4) is 0 Å². The Morgan fingerprint density at radius 2 is 2.10 bits per heavy atom. The van der Waals surface area contributed by atoms with Gasteiger partial charge < -0.3 is 5.32 Å². The molecule has 5 heteroatoms. The Labute approximate surface area is 139 Å². The zero-order valence-electron chi connectivity index (χ0n) is 13.2. The van der Waals surface area contributed by atoms with Crippen LogP contribution in [0.4, 0.5) is 0 Å². The fourth-order valence-electron chi connectivity index (χ4n) is 2.68. The van der Waals surface area contributed by atoms with Gasteiger partial charge in [-0.1, -0.05) is 13.8 Å². The number of aromatic nitrogens is 2. The molecule has 116 valence electrons. The number of nitrogens with zero attached hydrogens (tertiary/aromatic N) is 2. The average molecular weight is 370 g/mol. The summed E-state index contributed by atoms with van der Waals surface area (Å²) in [5.74, 6) is 0. The second-order valence-electron chi connectivity index (χ2n) is 5.09. The zero-order valence-corrected chi connectivity index (χ0v) is 15.6. The minimum atomic E-state index is 0.350. The molecular weight excluding hydrogens is 346 g/mol. The van der Waals surface area contributed by atoms with Gasteiger partial charge in [0, 0.05) is 23.9 Å². The van der Waals surface area contributed by atoms with E-state index in [0.29, 0.717) is 6.04 Å². The molecule has 2 aromatic heterocycles. The molecule has 2 rings (SSSR count). The largest absolute Gasteiger partial charge is 0.312 e. The van der Waals surface area contributed by atoms with Gasteiger partial charge in [0.05, 0.1) is 15.9 Å². The lowest BCUT2D eigenvalue weighted by atomic mass is 10.0. The highest BCUT2D eigenvalue weighted by molar-refractivity contribution is 9.10. The third kappa shape index (κ3) is 3.41. The normalized spacial score (nSPS) is 12.8. The van der Waals surface area contributed by atoms with Crippen LogP contribution in [-0.4, -0.2) is 16.8 Å². The summed E-state index contributed by atoms with van der Waals surface area (Å²) in [6.45, 7) is 7.44. The van der Waals surface area contributed by atoms with Gasteiger partial charge in [-0.15, -0.1) is 11.3 Å². The van der Waals surface area contributed by atoms with Gasteiger partial charge in [-0.05, 0) is 59.8 Å². The summed E-state index contributed by atoms with van der Waals surface area (Å²) in [5.41, 5.74) is 3.90. The van der Waals surface area contributed by atoms with Gasteiger partial charge in [0.2, 0.25) is 0 Å². The molecule has 0 aliphatic rings. The minimum absolute atomic E-state index is 0.350. The van der Waals surface area contributed by atoms with E-state index in [1.165, 1.54) is 20.6 Å². The van der Waals surface area contributed by atoms with Gasteiger partial charge in [-0.2, -0.15) is 5.10 Å².